The Bertz CT molecular complexity index is 1040. The highest BCUT2D eigenvalue weighted by molar-refractivity contribution is 5.33. The van der Waals surface area contributed by atoms with Crippen molar-refractivity contribution >= 4 is 0 Å². The number of aromatic nitrogens is 3. The Morgan fingerprint density at radius 1 is 0.923 bits per heavy atom. The molecule has 3 aromatic rings. The number of alkyl halides is 3. The average molecular weight is 371 g/mol. The van der Waals surface area contributed by atoms with Gasteiger partial charge in [-0.05, 0) is 29.8 Å². The number of benzene rings is 2. The Balaban J connectivity index is 2.00. The van der Waals surface area contributed by atoms with Crippen molar-refractivity contribution in [1.29, 1.82) is 0 Å². The van der Waals surface area contributed by atoms with Crippen LogP contribution in [-0.2, 0) is 12.7 Å². The van der Waals surface area contributed by atoms with E-state index in [4.69, 9.17) is 0 Å². The molecule has 1 N–H and O–H groups in total. The topological polar surface area (TPSA) is 59.8 Å². The summed E-state index contributed by atoms with van der Waals surface area (Å²) in [7, 11) is 0. The van der Waals surface area contributed by atoms with Crippen molar-refractivity contribution in [2.75, 3.05) is 0 Å². The minimum atomic E-state index is -4.52. The summed E-state index contributed by atoms with van der Waals surface area (Å²) in [5.41, 5.74) is -3.41. The fourth-order valence-electron chi connectivity index (χ4n) is 2.39. The summed E-state index contributed by atoms with van der Waals surface area (Å²) in [6, 6.07) is 6.75. The molecule has 10 heteroatoms. The van der Waals surface area contributed by atoms with Crippen molar-refractivity contribution in [2.24, 2.45) is 0 Å². The molecule has 0 aliphatic carbocycles. The van der Waals surface area contributed by atoms with Gasteiger partial charge in [-0.3, -0.25) is 0 Å². The van der Waals surface area contributed by atoms with Crippen molar-refractivity contribution in [3.63, 3.8) is 0 Å². The second kappa shape index (κ2) is 6.28. The Kier molecular flexibility index (Phi) is 4.26. The Hall–Kier alpha value is -3.17. The number of rotatable bonds is 3. The molecular formula is C16H10F5N3O2. The van der Waals surface area contributed by atoms with E-state index in [0.717, 1.165) is 42.5 Å². The van der Waals surface area contributed by atoms with E-state index in [1.807, 2.05) is 5.10 Å². The molecular weight excluding hydrogens is 361 g/mol. The highest BCUT2D eigenvalue weighted by Crippen LogP contribution is 2.29. The van der Waals surface area contributed by atoms with Gasteiger partial charge in [-0.25, -0.2) is 28.0 Å². The zero-order chi connectivity index (χ0) is 19.1. The second-order valence-electron chi connectivity index (χ2n) is 5.39. The lowest BCUT2D eigenvalue weighted by atomic mass is 10.1. The van der Waals surface area contributed by atoms with Crippen LogP contribution in [0.25, 0.3) is 5.69 Å². The molecule has 1 heterocycles. The zero-order valence-corrected chi connectivity index (χ0v) is 12.8. The summed E-state index contributed by atoms with van der Waals surface area (Å²) < 4.78 is 66.3. The van der Waals surface area contributed by atoms with Crippen molar-refractivity contribution < 1.29 is 22.0 Å². The number of halogens is 5. The summed E-state index contributed by atoms with van der Waals surface area (Å²) >= 11 is 0. The molecule has 5 nitrogen and oxygen atoms in total. The number of nitrogens with zero attached hydrogens (tertiary/aromatic N) is 2. The van der Waals surface area contributed by atoms with Gasteiger partial charge in [0, 0.05) is 0 Å². The fraction of sp³-hybridized carbons (Fsp3) is 0.125. The third-order valence-electron chi connectivity index (χ3n) is 3.66. The van der Waals surface area contributed by atoms with E-state index < -0.39 is 40.4 Å². The van der Waals surface area contributed by atoms with Crippen LogP contribution >= 0.6 is 0 Å². The Labute approximate surface area is 141 Å². The molecule has 0 spiro atoms. The van der Waals surface area contributed by atoms with Gasteiger partial charge in [-0.1, -0.05) is 18.2 Å². The predicted octanol–water partition coefficient (Wildman–Crippen LogP) is 2.67. The van der Waals surface area contributed by atoms with Crippen molar-refractivity contribution in [2.45, 2.75) is 12.7 Å². The molecule has 26 heavy (non-hydrogen) atoms. The van der Waals surface area contributed by atoms with Gasteiger partial charge in [0.25, 0.3) is 0 Å². The van der Waals surface area contributed by atoms with Crippen LogP contribution in [0.1, 0.15) is 11.1 Å². The highest BCUT2D eigenvalue weighted by Gasteiger charge is 2.30. The minimum absolute atomic E-state index is 0.234. The molecule has 0 saturated carbocycles. The lowest BCUT2D eigenvalue weighted by Gasteiger charge is -2.07. The van der Waals surface area contributed by atoms with Gasteiger partial charge in [0.15, 0.2) is 11.6 Å². The average Bonchev–Trinajstić information content (AvgIpc) is 2.83. The molecule has 1 aromatic heterocycles. The summed E-state index contributed by atoms with van der Waals surface area (Å²) in [6.45, 7) is -0.366. The molecule has 0 amide bonds. The number of aromatic amines is 1. The van der Waals surface area contributed by atoms with E-state index in [2.05, 4.69) is 0 Å². The number of para-hydroxylation sites is 1. The number of H-pyrrole nitrogens is 1. The molecule has 0 aliphatic rings. The first kappa shape index (κ1) is 17.6. The van der Waals surface area contributed by atoms with Gasteiger partial charge in [0.2, 0.25) is 0 Å². The van der Waals surface area contributed by atoms with Crippen LogP contribution in [-0.4, -0.2) is 14.3 Å². The highest BCUT2D eigenvalue weighted by atomic mass is 19.4. The van der Waals surface area contributed by atoms with E-state index in [9.17, 15) is 31.5 Å². The van der Waals surface area contributed by atoms with Crippen molar-refractivity contribution in [3.8, 4) is 5.69 Å². The van der Waals surface area contributed by atoms with Crippen LogP contribution in [0.4, 0.5) is 22.0 Å². The zero-order valence-electron chi connectivity index (χ0n) is 12.8. The van der Waals surface area contributed by atoms with Crippen molar-refractivity contribution in [1.82, 2.24) is 14.3 Å². The van der Waals surface area contributed by atoms with Crippen LogP contribution in [0.3, 0.4) is 0 Å². The second-order valence-corrected chi connectivity index (χ2v) is 5.39. The quantitative estimate of drug-likeness (QED) is 0.720. The first-order valence-corrected chi connectivity index (χ1v) is 7.21. The van der Waals surface area contributed by atoms with E-state index in [1.54, 1.807) is 0 Å². The van der Waals surface area contributed by atoms with Crippen LogP contribution in [0, 0.1) is 11.6 Å². The number of hydrogen-bond acceptors (Lipinski definition) is 2. The molecule has 2 aromatic carbocycles. The Morgan fingerprint density at radius 2 is 1.50 bits per heavy atom. The van der Waals surface area contributed by atoms with Gasteiger partial charge in [-0.2, -0.15) is 17.9 Å². The van der Waals surface area contributed by atoms with Crippen LogP contribution in [0.5, 0.6) is 0 Å². The third kappa shape index (κ3) is 3.17. The van der Waals surface area contributed by atoms with E-state index in [-0.39, 0.29) is 12.1 Å². The molecule has 0 radical (unpaired) electrons. The predicted molar refractivity (Wildman–Crippen MR) is 81.1 cm³/mol. The molecule has 0 aliphatic heterocycles. The van der Waals surface area contributed by atoms with Gasteiger partial charge >= 0.3 is 17.6 Å². The number of hydrogen-bond donors (Lipinski definition) is 1. The molecule has 0 bridgehead atoms. The van der Waals surface area contributed by atoms with Crippen molar-refractivity contribution in [3.05, 3.63) is 86.2 Å². The minimum Gasteiger partial charge on any atom is -0.246 e. The molecule has 0 fully saturated rings. The van der Waals surface area contributed by atoms with Crippen LogP contribution < -0.4 is 11.4 Å². The molecule has 0 saturated heterocycles. The first-order valence-electron chi connectivity index (χ1n) is 7.21. The van der Waals surface area contributed by atoms with Gasteiger partial charge in [-0.15, -0.1) is 0 Å². The van der Waals surface area contributed by atoms with E-state index >= 15 is 0 Å². The monoisotopic (exact) mass is 371 g/mol. The molecule has 3 rings (SSSR count). The normalized spacial score (nSPS) is 11.7. The maximum absolute atomic E-state index is 13.8. The summed E-state index contributed by atoms with van der Waals surface area (Å²) in [4.78, 5) is 24.3. The third-order valence-corrected chi connectivity index (χ3v) is 3.66. The van der Waals surface area contributed by atoms with Gasteiger partial charge < -0.3 is 0 Å². The van der Waals surface area contributed by atoms with Gasteiger partial charge in [0.05, 0.1) is 12.1 Å². The summed E-state index contributed by atoms with van der Waals surface area (Å²) in [6.07, 6.45) is -4.52. The smallest absolute Gasteiger partial charge is 0.246 e. The lowest BCUT2D eigenvalue weighted by Crippen LogP contribution is -2.29. The molecule has 136 valence electrons. The lowest BCUT2D eigenvalue weighted by molar-refractivity contribution is -0.137. The summed E-state index contributed by atoms with van der Waals surface area (Å²) in [5.74, 6) is -2.12. The maximum atomic E-state index is 13.8. The maximum Gasteiger partial charge on any atom is 0.416 e. The fourth-order valence-corrected chi connectivity index (χ4v) is 2.39. The van der Waals surface area contributed by atoms with Crippen LogP contribution in [0.2, 0.25) is 0 Å². The van der Waals surface area contributed by atoms with Gasteiger partial charge in [0.1, 0.15) is 5.69 Å². The molecule has 0 atom stereocenters. The SMILES string of the molecule is O=c1[nH]n(-c2c(F)cccc2F)c(=O)n1Cc1ccc(C(F)(F)F)cc1. The molecule has 0 unspecified atom stereocenters. The standard InChI is InChI=1S/C16H10F5N3O2/c17-11-2-1-3-12(18)13(11)24-15(26)23(14(25)22-24)8-9-4-6-10(7-5-9)16(19,20)21/h1-7H,8H2,(H,22,25). The van der Waals surface area contributed by atoms with E-state index in [0.29, 0.717) is 9.25 Å². The first-order chi connectivity index (χ1) is 12.2. The van der Waals surface area contributed by atoms with Crippen LogP contribution in [0.15, 0.2) is 52.1 Å². The summed E-state index contributed by atoms with van der Waals surface area (Å²) in [5, 5.41) is 2.02. The van der Waals surface area contributed by atoms with E-state index in [1.165, 1.54) is 0 Å². The Morgan fingerprint density at radius 3 is 2.04 bits per heavy atom. The largest absolute Gasteiger partial charge is 0.416 e. The number of nitrogens with one attached hydrogen (secondary N) is 1.